The van der Waals surface area contributed by atoms with Gasteiger partial charge in [0.05, 0.1) is 28.5 Å². The molecule has 3 saturated heterocycles. The summed E-state index contributed by atoms with van der Waals surface area (Å²) in [5.74, 6) is -4.53. The van der Waals surface area contributed by atoms with Crippen LogP contribution in [0.5, 0.6) is 0 Å². The van der Waals surface area contributed by atoms with E-state index in [9.17, 15) is 19.7 Å². The van der Waals surface area contributed by atoms with Crippen LogP contribution in [0, 0.1) is 27.9 Å². The van der Waals surface area contributed by atoms with Crippen LogP contribution in [0.1, 0.15) is 35.8 Å². The highest BCUT2D eigenvalue weighted by Gasteiger charge is 2.69. The summed E-state index contributed by atoms with van der Waals surface area (Å²) < 4.78 is 6.12. The van der Waals surface area contributed by atoms with E-state index in [1.165, 1.54) is 17.2 Å². The van der Waals surface area contributed by atoms with Gasteiger partial charge in [0, 0.05) is 25.4 Å². The number of hydrogen-bond acceptors (Lipinski definition) is 8. The quantitative estimate of drug-likeness (QED) is 0.261. The van der Waals surface area contributed by atoms with Crippen LogP contribution in [-0.2, 0) is 24.0 Å². The molecule has 3 unspecified atom stereocenters. The molecular weight excluding hydrogens is 526 g/mol. The van der Waals surface area contributed by atoms with E-state index >= 15 is 0 Å². The van der Waals surface area contributed by atoms with Gasteiger partial charge in [0.25, 0.3) is 0 Å². The maximum absolute atomic E-state index is 13.8. The third-order valence-corrected chi connectivity index (χ3v) is 9.25. The average molecular weight is 556 g/mol. The van der Waals surface area contributed by atoms with Gasteiger partial charge in [-0.15, -0.1) is 0 Å². The van der Waals surface area contributed by atoms with Crippen molar-refractivity contribution in [2.75, 3.05) is 12.0 Å². The SMILES string of the molecule is CO[C@]12C[C@@H]3C(=O)N(c4ccccc4)C(=O)[C@@H]3C[C@H]1[C@H](c1ccccc1)C1C(c3ccccc3)C([N+](=O)[O-])ON1O2. The van der Waals surface area contributed by atoms with Gasteiger partial charge in [0.2, 0.25) is 11.8 Å². The minimum absolute atomic E-state index is 0.113. The number of carbonyl (C=O) groups excluding carboxylic acids is 2. The zero-order chi connectivity index (χ0) is 28.3. The molecule has 210 valence electrons. The predicted octanol–water partition coefficient (Wildman–Crippen LogP) is 4.28. The number of para-hydroxylation sites is 1. The summed E-state index contributed by atoms with van der Waals surface area (Å²) in [5.41, 5.74) is 2.22. The maximum atomic E-state index is 13.8. The summed E-state index contributed by atoms with van der Waals surface area (Å²) in [7, 11) is 1.52. The molecule has 3 aromatic rings. The molecule has 0 spiro atoms. The summed E-state index contributed by atoms with van der Waals surface area (Å²) in [5, 5.41) is 13.6. The number of methoxy groups -OCH3 is 1. The van der Waals surface area contributed by atoms with Crippen LogP contribution in [0.2, 0.25) is 0 Å². The Bertz CT molecular complexity index is 1470. The third-order valence-electron chi connectivity index (χ3n) is 9.25. The molecule has 3 aromatic carbocycles. The first-order valence-electron chi connectivity index (χ1n) is 13.8. The number of nitrogens with zero attached hydrogens (tertiary/aromatic N) is 3. The molecule has 4 fully saturated rings. The lowest BCUT2D eigenvalue weighted by atomic mass is 9.61. The average Bonchev–Trinajstić information content (AvgIpc) is 3.50. The lowest BCUT2D eigenvalue weighted by Gasteiger charge is -2.55. The van der Waals surface area contributed by atoms with Crippen molar-refractivity contribution < 1.29 is 28.9 Å². The Morgan fingerprint density at radius 3 is 2.00 bits per heavy atom. The molecule has 0 N–H and O–H groups in total. The van der Waals surface area contributed by atoms with E-state index in [0.717, 1.165) is 11.1 Å². The summed E-state index contributed by atoms with van der Waals surface area (Å²) in [4.78, 5) is 53.1. The number of hydroxylamine groups is 2. The fraction of sp³-hybridized carbons (Fsp3) is 0.355. The smallest absolute Gasteiger partial charge is 0.341 e. The van der Waals surface area contributed by atoms with Crippen molar-refractivity contribution in [3.05, 3.63) is 112 Å². The van der Waals surface area contributed by atoms with Crippen LogP contribution < -0.4 is 4.90 Å². The first kappa shape index (κ1) is 26.0. The fourth-order valence-electron chi connectivity index (χ4n) is 7.50. The van der Waals surface area contributed by atoms with Crippen molar-refractivity contribution in [1.29, 1.82) is 0 Å². The summed E-state index contributed by atoms with van der Waals surface area (Å²) in [6.45, 7) is 0. The highest BCUT2D eigenvalue weighted by atomic mass is 17.0. The van der Waals surface area contributed by atoms with Crippen molar-refractivity contribution in [3.63, 3.8) is 0 Å². The summed E-state index contributed by atoms with van der Waals surface area (Å²) in [6.07, 6.45) is -0.957. The number of anilines is 1. The number of benzene rings is 3. The Labute approximate surface area is 236 Å². The number of amides is 2. The molecule has 1 saturated carbocycles. The molecule has 3 aliphatic heterocycles. The number of ether oxygens (including phenoxy) is 1. The number of fused-ring (bicyclic) bond motifs is 3. The lowest BCUT2D eigenvalue weighted by Crippen LogP contribution is -2.62. The van der Waals surface area contributed by atoms with E-state index < -0.39 is 46.7 Å². The standard InChI is InChI=1S/C31H29N3O7/c1-39-31-18-23-22(28(35)32(29(23)36)21-15-9-4-10-16-21)17-24(31)25(19-11-5-2-6-12-19)27-26(20-13-7-3-8-14-20)30(33(37)38)40-34(27)41-31/h2-16,22-27,30H,17-18H2,1H3/t22-,23+,24+,25+,26?,27?,30?,31+/m1/s1. The molecule has 10 nitrogen and oxygen atoms in total. The highest BCUT2D eigenvalue weighted by molar-refractivity contribution is 6.22. The normalized spacial score (nSPS) is 34.7. The fourth-order valence-corrected chi connectivity index (χ4v) is 7.50. The lowest BCUT2D eigenvalue weighted by molar-refractivity contribution is -0.613. The van der Waals surface area contributed by atoms with E-state index in [2.05, 4.69) is 0 Å². The summed E-state index contributed by atoms with van der Waals surface area (Å²) >= 11 is 0. The van der Waals surface area contributed by atoms with Crippen LogP contribution >= 0.6 is 0 Å². The molecular formula is C31H29N3O7. The molecule has 0 radical (unpaired) electrons. The van der Waals surface area contributed by atoms with Gasteiger partial charge >= 0.3 is 6.23 Å². The molecule has 8 atom stereocenters. The van der Waals surface area contributed by atoms with E-state index in [0.29, 0.717) is 12.1 Å². The minimum Gasteiger partial charge on any atom is -0.351 e. The van der Waals surface area contributed by atoms with Crippen LogP contribution in [0.4, 0.5) is 5.69 Å². The molecule has 3 heterocycles. The molecule has 0 aromatic heterocycles. The Morgan fingerprint density at radius 2 is 1.41 bits per heavy atom. The Morgan fingerprint density at radius 1 is 0.854 bits per heavy atom. The van der Waals surface area contributed by atoms with Crippen LogP contribution in [-0.4, -0.2) is 47.1 Å². The van der Waals surface area contributed by atoms with Gasteiger partial charge in [-0.25, -0.2) is 4.84 Å². The van der Waals surface area contributed by atoms with E-state index in [1.54, 1.807) is 24.3 Å². The van der Waals surface area contributed by atoms with E-state index in [-0.39, 0.29) is 24.2 Å². The van der Waals surface area contributed by atoms with Gasteiger partial charge in [-0.2, -0.15) is 4.84 Å². The van der Waals surface area contributed by atoms with E-state index in [4.69, 9.17) is 14.4 Å². The van der Waals surface area contributed by atoms with Crippen LogP contribution in [0.3, 0.4) is 0 Å². The molecule has 0 bridgehead atoms. The predicted molar refractivity (Wildman–Crippen MR) is 145 cm³/mol. The zero-order valence-corrected chi connectivity index (χ0v) is 22.3. The monoisotopic (exact) mass is 555 g/mol. The number of imide groups is 1. The van der Waals surface area contributed by atoms with Gasteiger partial charge < -0.3 is 4.74 Å². The zero-order valence-electron chi connectivity index (χ0n) is 22.3. The van der Waals surface area contributed by atoms with Crippen LogP contribution in [0.25, 0.3) is 0 Å². The second-order valence-electron chi connectivity index (χ2n) is 11.1. The van der Waals surface area contributed by atoms with Crippen molar-refractivity contribution in [1.82, 2.24) is 5.23 Å². The van der Waals surface area contributed by atoms with Gasteiger partial charge in [0.1, 0.15) is 5.92 Å². The second kappa shape index (κ2) is 9.85. The van der Waals surface area contributed by atoms with Gasteiger partial charge in [-0.3, -0.25) is 24.6 Å². The first-order valence-corrected chi connectivity index (χ1v) is 13.8. The topological polar surface area (TPSA) is 111 Å². The van der Waals surface area contributed by atoms with E-state index in [1.807, 2.05) is 66.7 Å². The largest absolute Gasteiger partial charge is 0.351 e. The van der Waals surface area contributed by atoms with Gasteiger partial charge in [-0.1, -0.05) is 84.1 Å². The van der Waals surface area contributed by atoms with Crippen molar-refractivity contribution in [2.24, 2.45) is 17.8 Å². The molecule has 4 aliphatic rings. The molecule has 10 heteroatoms. The van der Waals surface area contributed by atoms with Gasteiger partial charge in [0.15, 0.2) is 5.79 Å². The van der Waals surface area contributed by atoms with Crippen molar-refractivity contribution in [3.8, 4) is 0 Å². The second-order valence-corrected chi connectivity index (χ2v) is 11.1. The van der Waals surface area contributed by atoms with Crippen LogP contribution in [0.15, 0.2) is 91.0 Å². The number of nitro groups is 1. The summed E-state index contributed by atoms with van der Waals surface area (Å²) in [6, 6.07) is 27.4. The molecule has 7 rings (SSSR count). The third kappa shape index (κ3) is 3.93. The molecule has 2 amide bonds. The Balaban J connectivity index is 1.35. The van der Waals surface area contributed by atoms with Crippen molar-refractivity contribution in [2.45, 2.75) is 42.7 Å². The Hall–Kier alpha value is -3.96. The maximum Gasteiger partial charge on any atom is 0.341 e. The van der Waals surface area contributed by atoms with Crippen molar-refractivity contribution >= 4 is 17.5 Å². The highest BCUT2D eigenvalue weighted by Crippen LogP contribution is 2.60. The Kier molecular flexibility index (Phi) is 6.24. The molecule has 1 aliphatic carbocycles. The van der Waals surface area contributed by atoms with Gasteiger partial charge in [-0.05, 0) is 29.7 Å². The molecule has 41 heavy (non-hydrogen) atoms. The number of carbonyl (C=O) groups is 2. The number of rotatable bonds is 5. The minimum atomic E-state index is -1.39. The first-order chi connectivity index (χ1) is 19.9. The number of hydrogen-bond donors (Lipinski definition) is 0.